The standard InChI is InChI=1S/C19H29N3O.HI/c1-3-20-18(22-14-19(11-12-19)16-6-7-16)21-13-10-15-4-8-17(23-2)9-5-15;/h4-5,8-9,16H,3,6-7,10-14H2,1-2H3,(H2,20,21,22);1H. The van der Waals surface area contributed by atoms with E-state index in [2.05, 4.69) is 29.7 Å². The van der Waals surface area contributed by atoms with E-state index in [0.29, 0.717) is 5.41 Å². The number of hydrogen-bond donors (Lipinski definition) is 2. The lowest BCUT2D eigenvalue weighted by Crippen LogP contribution is -2.38. The molecule has 0 atom stereocenters. The van der Waals surface area contributed by atoms with E-state index in [1.807, 2.05) is 12.1 Å². The molecule has 24 heavy (non-hydrogen) atoms. The second-order valence-corrected chi connectivity index (χ2v) is 6.86. The lowest BCUT2D eigenvalue weighted by Gasteiger charge is -2.15. The van der Waals surface area contributed by atoms with Crippen molar-refractivity contribution >= 4 is 29.9 Å². The van der Waals surface area contributed by atoms with Crippen LogP contribution in [-0.2, 0) is 6.42 Å². The molecule has 3 rings (SSSR count). The number of ether oxygens (including phenoxy) is 1. The maximum Gasteiger partial charge on any atom is 0.191 e. The van der Waals surface area contributed by atoms with Crippen molar-refractivity contribution in [2.75, 3.05) is 26.7 Å². The van der Waals surface area contributed by atoms with Crippen LogP contribution in [0.1, 0.15) is 38.2 Å². The van der Waals surface area contributed by atoms with Crippen molar-refractivity contribution in [3.05, 3.63) is 29.8 Å². The largest absolute Gasteiger partial charge is 0.497 e. The highest BCUT2D eigenvalue weighted by molar-refractivity contribution is 14.0. The van der Waals surface area contributed by atoms with Crippen LogP contribution in [0.2, 0.25) is 0 Å². The zero-order valence-electron chi connectivity index (χ0n) is 14.8. The second kappa shape index (κ2) is 8.92. The Kier molecular flexibility index (Phi) is 7.19. The Hall–Kier alpha value is -0.980. The Morgan fingerprint density at radius 2 is 1.92 bits per heavy atom. The van der Waals surface area contributed by atoms with Crippen LogP contribution in [0, 0.1) is 11.3 Å². The van der Waals surface area contributed by atoms with Crippen molar-refractivity contribution in [1.82, 2.24) is 10.6 Å². The first-order valence-electron chi connectivity index (χ1n) is 8.91. The molecule has 2 aliphatic carbocycles. The molecule has 2 fully saturated rings. The summed E-state index contributed by atoms with van der Waals surface area (Å²) in [5, 5.41) is 6.83. The number of benzene rings is 1. The number of methoxy groups -OCH3 is 1. The average molecular weight is 443 g/mol. The second-order valence-electron chi connectivity index (χ2n) is 6.86. The predicted octanol–water partition coefficient (Wildman–Crippen LogP) is 3.60. The lowest BCUT2D eigenvalue weighted by atomic mass is 10.0. The monoisotopic (exact) mass is 443 g/mol. The Labute approximate surface area is 162 Å². The summed E-state index contributed by atoms with van der Waals surface area (Å²) in [7, 11) is 1.70. The molecule has 2 N–H and O–H groups in total. The molecule has 2 saturated carbocycles. The minimum Gasteiger partial charge on any atom is -0.497 e. The lowest BCUT2D eigenvalue weighted by molar-refractivity contribution is 0.414. The maximum absolute atomic E-state index is 5.19. The van der Waals surface area contributed by atoms with Gasteiger partial charge in [0.25, 0.3) is 0 Å². The fourth-order valence-electron chi connectivity index (χ4n) is 3.25. The van der Waals surface area contributed by atoms with Crippen molar-refractivity contribution in [2.45, 2.75) is 39.0 Å². The van der Waals surface area contributed by atoms with Gasteiger partial charge in [0.2, 0.25) is 0 Å². The third kappa shape index (κ3) is 5.26. The summed E-state index contributed by atoms with van der Waals surface area (Å²) in [5.74, 6) is 2.84. The van der Waals surface area contributed by atoms with E-state index in [-0.39, 0.29) is 24.0 Å². The molecule has 134 valence electrons. The summed E-state index contributed by atoms with van der Waals surface area (Å²) in [6.45, 7) is 4.92. The Morgan fingerprint density at radius 1 is 1.21 bits per heavy atom. The van der Waals surface area contributed by atoms with Crippen LogP contribution in [-0.4, -0.2) is 32.7 Å². The fraction of sp³-hybridized carbons (Fsp3) is 0.632. The molecular formula is C19H30IN3O. The minimum absolute atomic E-state index is 0. The van der Waals surface area contributed by atoms with Gasteiger partial charge in [0.15, 0.2) is 5.96 Å². The summed E-state index contributed by atoms with van der Waals surface area (Å²) in [5.41, 5.74) is 1.88. The Balaban J connectivity index is 0.00000208. The number of rotatable bonds is 8. The normalized spacial score (nSPS) is 18.5. The molecule has 1 aromatic rings. The van der Waals surface area contributed by atoms with Crippen LogP contribution >= 0.6 is 24.0 Å². The van der Waals surface area contributed by atoms with Gasteiger partial charge < -0.3 is 15.4 Å². The number of halogens is 1. The average Bonchev–Trinajstić information content (AvgIpc) is 3.46. The highest BCUT2D eigenvalue weighted by atomic mass is 127. The van der Waals surface area contributed by atoms with E-state index in [4.69, 9.17) is 9.73 Å². The van der Waals surface area contributed by atoms with E-state index < -0.39 is 0 Å². The van der Waals surface area contributed by atoms with Gasteiger partial charge in [0, 0.05) is 19.6 Å². The Morgan fingerprint density at radius 3 is 2.46 bits per heavy atom. The molecule has 0 amide bonds. The van der Waals surface area contributed by atoms with Crippen molar-refractivity contribution in [3.8, 4) is 5.75 Å². The molecule has 0 saturated heterocycles. The van der Waals surface area contributed by atoms with Crippen LogP contribution in [0.25, 0.3) is 0 Å². The molecule has 0 aromatic heterocycles. The maximum atomic E-state index is 5.19. The van der Waals surface area contributed by atoms with E-state index in [9.17, 15) is 0 Å². The van der Waals surface area contributed by atoms with Crippen LogP contribution < -0.4 is 15.4 Å². The molecule has 0 bridgehead atoms. The number of guanidine groups is 1. The van der Waals surface area contributed by atoms with Gasteiger partial charge in [-0.1, -0.05) is 12.1 Å². The molecule has 4 nitrogen and oxygen atoms in total. The van der Waals surface area contributed by atoms with Gasteiger partial charge in [0.1, 0.15) is 5.75 Å². The van der Waals surface area contributed by atoms with Gasteiger partial charge in [-0.2, -0.15) is 0 Å². The number of hydrogen-bond acceptors (Lipinski definition) is 2. The summed E-state index contributed by atoms with van der Waals surface area (Å²) in [6, 6.07) is 8.27. The molecule has 0 heterocycles. The topological polar surface area (TPSA) is 45.7 Å². The minimum atomic E-state index is 0. The van der Waals surface area contributed by atoms with Crippen molar-refractivity contribution in [2.24, 2.45) is 16.3 Å². The van der Waals surface area contributed by atoms with Gasteiger partial charge in [-0.05, 0) is 68.1 Å². The molecule has 5 heteroatoms. The number of aliphatic imine (C=N–C) groups is 1. The van der Waals surface area contributed by atoms with Crippen LogP contribution in [0.4, 0.5) is 0 Å². The predicted molar refractivity (Wildman–Crippen MR) is 110 cm³/mol. The van der Waals surface area contributed by atoms with Crippen LogP contribution in [0.3, 0.4) is 0 Å². The number of nitrogens with one attached hydrogen (secondary N) is 2. The highest BCUT2D eigenvalue weighted by Gasteiger charge is 2.53. The van der Waals surface area contributed by atoms with Crippen molar-refractivity contribution < 1.29 is 4.74 Å². The van der Waals surface area contributed by atoms with E-state index in [1.54, 1.807) is 7.11 Å². The zero-order valence-corrected chi connectivity index (χ0v) is 17.1. The zero-order chi connectivity index (χ0) is 16.1. The highest BCUT2D eigenvalue weighted by Crippen LogP contribution is 2.61. The first-order valence-corrected chi connectivity index (χ1v) is 8.91. The van der Waals surface area contributed by atoms with E-state index >= 15 is 0 Å². The quantitative estimate of drug-likeness (QED) is 0.367. The first kappa shape index (κ1) is 19.3. The van der Waals surface area contributed by atoms with Gasteiger partial charge >= 0.3 is 0 Å². The Bertz CT molecular complexity index is 536. The molecule has 0 aliphatic heterocycles. The molecule has 0 unspecified atom stereocenters. The van der Waals surface area contributed by atoms with Crippen LogP contribution in [0.5, 0.6) is 5.75 Å². The van der Waals surface area contributed by atoms with Crippen LogP contribution in [0.15, 0.2) is 29.3 Å². The summed E-state index contributed by atoms with van der Waals surface area (Å²) in [6.07, 6.45) is 6.61. The first-order chi connectivity index (χ1) is 11.3. The smallest absolute Gasteiger partial charge is 0.191 e. The van der Waals surface area contributed by atoms with E-state index in [0.717, 1.165) is 43.7 Å². The SMILES string of the molecule is CCNC(=NCC1(C2CC2)CC1)NCCc1ccc(OC)cc1.I. The van der Waals surface area contributed by atoms with Gasteiger partial charge in [-0.3, -0.25) is 4.99 Å². The molecule has 0 spiro atoms. The van der Waals surface area contributed by atoms with Gasteiger partial charge in [-0.25, -0.2) is 0 Å². The summed E-state index contributed by atoms with van der Waals surface area (Å²) < 4.78 is 5.19. The number of nitrogens with zero attached hydrogens (tertiary/aromatic N) is 1. The van der Waals surface area contributed by atoms with Crippen molar-refractivity contribution in [1.29, 1.82) is 0 Å². The van der Waals surface area contributed by atoms with E-state index in [1.165, 1.54) is 31.2 Å². The van der Waals surface area contributed by atoms with Gasteiger partial charge in [-0.15, -0.1) is 24.0 Å². The van der Waals surface area contributed by atoms with Gasteiger partial charge in [0.05, 0.1) is 7.11 Å². The molecular weight excluding hydrogens is 413 g/mol. The third-order valence-corrected chi connectivity index (χ3v) is 5.10. The third-order valence-electron chi connectivity index (χ3n) is 5.10. The molecule has 2 aliphatic rings. The molecule has 1 aromatic carbocycles. The summed E-state index contributed by atoms with van der Waals surface area (Å²) >= 11 is 0. The molecule has 0 radical (unpaired) electrons. The summed E-state index contributed by atoms with van der Waals surface area (Å²) in [4.78, 5) is 4.84. The fourth-order valence-corrected chi connectivity index (χ4v) is 3.25. The van der Waals surface area contributed by atoms with Crippen molar-refractivity contribution in [3.63, 3.8) is 0 Å².